The summed E-state index contributed by atoms with van der Waals surface area (Å²) in [6, 6.07) is 0. The Bertz CT molecular complexity index is 364. The molecule has 4 rings (SSSR count). The molecule has 0 spiro atoms. The molecule has 0 radical (unpaired) electrons. The lowest BCUT2D eigenvalue weighted by molar-refractivity contribution is -0.0770. The normalized spacial score (nSPS) is 57.3. The molecule has 4 aliphatic rings. The van der Waals surface area contributed by atoms with Crippen LogP contribution in [0, 0.1) is 41.4 Å². The number of rotatable bonds is 2. The average Bonchev–Trinajstić information content (AvgIpc) is 3.04. The molecule has 0 amide bonds. The van der Waals surface area contributed by atoms with E-state index in [2.05, 4.69) is 13.8 Å². The van der Waals surface area contributed by atoms with Crippen LogP contribution in [-0.4, -0.2) is 23.9 Å². The van der Waals surface area contributed by atoms with E-state index in [-0.39, 0.29) is 11.7 Å². The van der Waals surface area contributed by atoms with Crippen molar-refractivity contribution in [3.05, 3.63) is 0 Å². The van der Waals surface area contributed by atoms with E-state index in [1.54, 1.807) is 0 Å². The van der Waals surface area contributed by atoms with Crippen molar-refractivity contribution in [1.82, 2.24) is 0 Å². The molecule has 4 saturated carbocycles. The quantitative estimate of drug-likeness (QED) is 0.764. The molecule has 0 saturated heterocycles. The molecule has 2 heteroatoms. The molecule has 2 nitrogen and oxygen atoms in total. The van der Waals surface area contributed by atoms with Gasteiger partial charge in [0.25, 0.3) is 0 Å². The van der Waals surface area contributed by atoms with Crippen molar-refractivity contribution in [2.24, 2.45) is 41.4 Å². The second-order valence-corrected chi connectivity index (χ2v) is 7.93. The minimum Gasteiger partial charge on any atom is -0.393 e. The van der Waals surface area contributed by atoms with Crippen molar-refractivity contribution in [2.45, 2.75) is 51.2 Å². The zero-order valence-corrected chi connectivity index (χ0v) is 11.8. The maximum absolute atomic E-state index is 10.1. The third-order valence-electron chi connectivity index (χ3n) is 7.20. The smallest absolute Gasteiger partial charge is 0.0653 e. The van der Waals surface area contributed by atoms with Gasteiger partial charge in [0.15, 0.2) is 0 Å². The van der Waals surface area contributed by atoms with Crippen LogP contribution in [-0.2, 0) is 4.74 Å². The number of ether oxygens (including phenoxy) is 1. The monoisotopic (exact) mass is 250 g/mol. The van der Waals surface area contributed by atoms with Gasteiger partial charge in [-0.15, -0.1) is 0 Å². The maximum atomic E-state index is 10.1. The highest BCUT2D eigenvalue weighted by molar-refractivity contribution is 5.14. The lowest BCUT2D eigenvalue weighted by atomic mass is 9.64. The molecule has 0 aromatic rings. The predicted molar refractivity (Wildman–Crippen MR) is 70.0 cm³/mol. The Labute approximate surface area is 110 Å². The zero-order chi connectivity index (χ0) is 12.7. The van der Waals surface area contributed by atoms with Gasteiger partial charge in [-0.2, -0.15) is 0 Å². The van der Waals surface area contributed by atoms with Crippen molar-refractivity contribution < 1.29 is 9.84 Å². The van der Waals surface area contributed by atoms with Crippen LogP contribution < -0.4 is 0 Å². The highest BCUT2D eigenvalue weighted by Gasteiger charge is 2.66. The predicted octanol–water partition coefficient (Wildman–Crippen LogP) is 2.70. The number of aliphatic hydroxyl groups excluding tert-OH is 1. The molecule has 18 heavy (non-hydrogen) atoms. The fourth-order valence-corrected chi connectivity index (χ4v) is 6.52. The number of fused-ring (bicyclic) bond motifs is 9. The fraction of sp³-hybridized carbons (Fsp3) is 1.00. The van der Waals surface area contributed by atoms with Gasteiger partial charge in [0.1, 0.15) is 0 Å². The first-order chi connectivity index (χ1) is 8.53. The summed E-state index contributed by atoms with van der Waals surface area (Å²) in [6.45, 7) is 4.55. The van der Waals surface area contributed by atoms with Crippen molar-refractivity contribution >= 4 is 0 Å². The molecular weight excluding hydrogens is 224 g/mol. The second kappa shape index (κ2) is 3.52. The molecule has 8 unspecified atom stereocenters. The van der Waals surface area contributed by atoms with Gasteiger partial charge in [0.2, 0.25) is 0 Å². The standard InChI is InChI=1S/C16H26O2/c1-16(2,18-3)12-6-8-4-10(12)14-9-5-11(15(8)14)13(17)7-9/h8-15,17H,4-7H2,1-3H3. The van der Waals surface area contributed by atoms with Gasteiger partial charge in [-0.25, -0.2) is 0 Å². The molecule has 1 N–H and O–H groups in total. The lowest BCUT2D eigenvalue weighted by Gasteiger charge is -2.45. The zero-order valence-electron chi connectivity index (χ0n) is 11.8. The summed E-state index contributed by atoms with van der Waals surface area (Å²) in [6.07, 6.45) is 5.22. The van der Waals surface area contributed by atoms with Crippen molar-refractivity contribution in [3.63, 3.8) is 0 Å². The van der Waals surface area contributed by atoms with Crippen molar-refractivity contribution in [1.29, 1.82) is 0 Å². The minimum atomic E-state index is 0.0319. The molecule has 4 bridgehead atoms. The van der Waals surface area contributed by atoms with Gasteiger partial charge in [0, 0.05) is 7.11 Å². The van der Waals surface area contributed by atoms with E-state index < -0.39 is 0 Å². The first kappa shape index (κ1) is 11.7. The summed E-state index contributed by atoms with van der Waals surface area (Å²) < 4.78 is 5.77. The second-order valence-electron chi connectivity index (χ2n) is 7.93. The Hall–Kier alpha value is -0.0800. The maximum Gasteiger partial charge on any atom is 0.0653 e. The summed E-state index contributed by atoms with van der Waals surface area (Å²) in [5, 5.41) is 10.1. The van der Waals surface area contributed by atoms with Crippen LogP contribution in [0.5, 0.6) is 0 Å². The van der Waals surface area contributed by atoms with Gasteiger partial charge in [-0.3, -0.25) is 0 Å². The van der Waals surface area contributed by atoms with E-state index in [4.69, 9.17) is 4.74 Å². The van der Waals surface area contributed by atoms with Crippen LogP contribution in [0.25, 0.3) is 0 Å². The molecule has 0 aromatic heterocycles. The van der Waals surface area contributed by atoms with E-state index in [1.165, 1.54) is 19.3 Å². The number of hydrogen-bond donors (Lipinski definition) is 1. The highest BCUT2D eigenvalue weighted by Crippen LogP contribution is 2.70. The molecule has 0 aliphatic heterocycles. The van der Waals surface area contributed by atoms with Crippen LogP contribution in [0.15, 0.2) is 0 Å². The van der Waals surface area contributed by atoms with Crippen LogP contribution in [0.1, 0.15) is 39.5 Å². The summed E-state index contributed by atoms with van der Waals surface area (Å²) in [7, 11) is 1.87. The first-order valence-electron chi connectivity index (χ1n) is 7.76. The molecule has 0 heterocycles. The van der Waals surface area contributed by atoms with Crippen LogP contribution in [0.4, 0.5) is 0 Å². The van der Waals surface area contributed by atoms with Gasteiger partial charge in [0.05, 0.1) is 11.7 Å². The van der Waals surface area contributed by atoms with Crippen molar-refractivity contribution in [2.75, 3.05) is 7.11 Å². The highest BCUT2D eigenvalue weighted by atomic mass is 16.5. The Morgan fingerprint density at radius 1 is 0.944 bits per heavy atom. The van der Waals surface area contributed by atoms with Crippen LogP contribution in [0.3, 0.4) is 0 Å². The SMILES string of the molecule is COC(C)(C)C1CC2CC1C1C3CC(O)C(C3)C21. The van der Waals surface area contributed by atoms with Gasteiger partial charge >= 0.3 is 0 Å². The van der Waals surface area contributed by atoms with E-state index in [9.17, 15) is 5.11 Å². The summed E-state index contributed by atoms with van der Waals surface area (Å²) in [4.78, 5) is 0. The third-order valence-corrected chi connectivity index (χ3v) is 7.20. The molecule has 4 fully saturated rings. The fourth-order valence-electron chi connectivity index (χ4n) is 6.52. The largest absolute Gasteiger partial charge is 0.393 e. The summed E-state index contributed by atoms with van der Waals surface area (Å²) in [5.74, 6) is 5.82. The van der Waals surface area contributed by atoms with Gasteiger partial charge in [-0.05, 0) is 81.0 Å². The van der Waals surface area contributed by atoms with Crippen LogP contribution in [0.2, 0.25) is 0 Å². The Balaban J connectivity index is 1.62. The molecular formula is C16H26O2. The molecule has 4 aliphatic carbocycles. The van der Waals surface area contributed by atoms with Crippen LogP contribution >= 0.6 is 0 Å². The average molecular weight is 250 g/mol. The number of hydrogen-bond acceptors (Lipinski definition) is 2. The molecule has 0 aromatic carbocycles. The molecule has 8 atom stereocenters. The third kappa shape index (κ3) is 1.27. The Morgan fingerprint density at radius 2 is 1.56 bits per heavy atom. The van der Waals surface area contributed by atoms with E-state index in [1.807, 2.05) is 7.11 Å². The van der Waals surface area contributed by atoms with Crippen molar-refractivity contribution in [3.8, 4) is 0 Å². The topological polar surface area (TPSA) is 29.5 Å². The molecule has 102 valence electrons. The van der Waals surface area contributed by atoms with E-state index >= 15 is 0 Å². The van der Waals surface area contributed by atoms with E-state index in [0.717, 1.165) is 41.9 Å². The first-order valence-corrected chi connectivity index (χ1v) is 7.76. The Kier molecular flexibility index (Phi) is 2.29. The van der Waals surface area contributed by atoms with E-state index in [0.29, 0.717) is 5.92 Å². The summed E-state index contributed by atoms with van der Waals surface area (Å²) in [5.41, 5.74) is 0.0465. The Morgan fingerprint density at radius 3 is 2.28 bits per heavy atom. The minimum absolute atomic E-state index is 0.0319. The summed E-state index contributed by atoms with van der Waals surface area (Å²) >= 11 is 0. The lowest BCUT2D eigenvalue weighted by Crippen LogP contribution is -2.44. The number of aliphatic hydroxyl groups is 1. The number of methoxy groups -OCH3 is 1. The van der Waals surface area contributed by atoms with Gasteiger partial charge < -0.3 is 9.84 Å². The van der Waals surface area contributed by atoms with Gasteiger partial charge in [-0.1, -0.05) is 0 Å².